The summed E-state index contributed by atoms with van der Waals surface area (Å²) in [7, 11) is 0. The standard InChI is InChI=1S/C16H21NO/c1-10(2)14-9-13-7-6-8-17(11(3)4)15(13)16(18)12(14)5/h6-11H,1-5H3/p+1. The molecule has 2 aromatic rings. The third kappa shape index (κ3) is 1.96. The van der Waals surface area contributed by atoms with Crippen molar-refractivity contribution in [2.24, 2.45) is 0 Å². The second-order valence-electron chi connectivity index (χ2n) is 5.54. The molecule has 0 aliphatic carbocycles. The van der Waals surface area contributed by atoms with Gasteiger partial charge in [-0.15, -0.1) is 0 Å². The lowest BCUT2D eigenvalue weighted by Crippen LogP contribution is -2.36. The van der Waals surface area contributed by atoms with E-state index >= 15 is 0 Å². The van der Waals surface area contributed by atoms with Gasteiger partial charge in [-0.1, -0.05) is 13.8 Å². The largest absolute Gasteiger partial charge is 0.502 e. The Balaban J connectivity index is 2.86. The van der Waals surface area contributed by atoms with Gasteiger partial charge in [0.15, 0.2) is 18.0 Å². The van der Waals surface area contributed by atoms with Crippen molar-refractivity contribution >= 4 is 10.9 Å². The van der Waals surface area contributed by atoms with Crippen LogP contribution in [-0.4, -0.2) is 5.11 Å². The molecule has 2 rings (SSSR count). The number of pyridine rings is 1. The highest BCUT2D eigenvalue weighted by molar-refractivity contribution is 5.84. The maximum atomic E-state index is 10.5. The van der Waals surface area contributed by atoms with E-state index < -0.39 is 0 Å². The van der Waals surface area contributed by atoms with E-state index in [0.29, 0.717) is 17.7 Å². The number of nitrogens with zero attached hydrogens (tertiary/aromatic N) is 1. The molecule has 0 atom stereocenters. The Morgan fingerprint density at radius 2 is 1.83 bits per heavy atom. The number of phenols is 1. The lowest BCUT2D eigenvalue weighted by Gasteiger charge is -2.14. The monoisotopic (exact) mass is 244 g/mol. The molecule has 96 valence electrons. The number of hydrogen-bond donors (Lipinski definition) is 1. The van der Waals surface area contributed by atoms with Crippen molar-refractivity contribution in [2.75, 3.05) is 0 Å². The minimum atomic E-state index is 0.337. The Labute approximate surface area is 109 Å². The number of aromatic hydroxyl groups is 1. The summed E-state index contributed by atoms with van der Waals surface area (Å²) in [5.41, 5.74) is 3.16. The first-order valence-electron chi connectivity index (χ1n) is 6.59. The molecule has 1 aromatic heterocycles. The molecule has 0 spiro atoms. The molecule has 2 heteroatoms. The third-order valence-electron chi connectivity index (χ3n) is 3.56. The van der Waals surface area contributed by atoms with Crippen LogP contribution in [0.25, 0.3) is 10.9 Å². The molecule has 0 fully saturated rings. The van der Waals surface area contributed by atoms with Gasteiger partial charge in [-0.3, -0.25) is 0 Å². The Hall–Kier alpha value is -1.57. The first-order chi connectivity index (χ1) is 8.43. The highest BCUT2D eigenvalue weighted by Crippen LogP contribution is 2.33. The molecular formula is C16H22NO+. The van der Waals surface area contributed by atoms with E-state index in [1.165, 1.54) is 5.56 Å². The maximum absolute atomic E-state index is 10.5. The van der Waals surface area contributed by atoms with Gasteiger partial charge in [0.25, 0.3) is 5.52 Å². The average molecular weight is 244 g/mol. The summed E-state index contributed by atoms with van der Waals surface area (Å²) in [6.07, 6.45) is 2.03. The van der Waals surface area contributed by atoms with Crippen LogP contribution in [0.3, 0.4) is 0 Å². The Bertz CT molecular complexity index is 585. The number of rotatable bonds is 2. The minimum absolute atomic E-state index is 0.337. The van der Waals surface area contributed by atoms with E-state index in [9.17, 15) is 5.11 Å². The molecule has 0 aliphatic heterocycles. The van der Waals surface area contributed by atoms with Gasteiger partial charge >= 0.3 is 0 Å². The molecular weight excluding hydrogens is 222 g/mol. The molecule has 0 aliphatic rings. The molecule has 1 aromatic carbocycles. The van der Waals surface area contributed by atoms with Crippen LogP contribution in [0.15, 0.2) is 24.4 Å². The van der Waals surface area contributed by atoms with Crippen molar-refractivity contribution in [3.63, 3.8) is 0 Å². The predicted octanol–water partition coefficient (Wildman–Crippen LogP) is 3.85. The van der Waals surface area contributed by atoms with Crippen molar-refractivity contribution in [3.8, 4) is 5.75 Å². The second-order valence-corrected chi connectivity index (χ2v) is 5.54. The van der Waals surface area contributed by atoms with Crippen molar-refractivity contribution < 1.29 is 9.67 Å². The second kappa shape index (κ2) is 4.60. The van der Waals surface area contributed by atoms with Gasteiger partial charge in [-0.2, -0.15) is 4.57 Å². The lowest BCUT2D eigenvalue weighted by atomic mass is 9.94. The fourth-order valence-electron chi connectivity index (χ4n) is 2.54. The third-order valence-corrected chi connectivity index (χ3v) is 3.56. The molecule has 18 heavy (non-hydrogen) atoms. The summed E-state index contributed by atoms with van der Waals surface area (Å²) in [6, 6.07) is 6.65. The van der Waals surface area contributed by atoms with Gasteiger partial charge in [0.2, 0.25) is 0 Å². The molecule has 0 bridgehead atoms. The van der Waals surface area contributed by atoms with Crippen LogP contribution in [0.4, 0.5) is 0 Å². The van der Waals surface area contributed by atoms with Gasteiger partial charge in [-0.25, -0.2) is 0 Å². The Morgan fingerprint density at radius 3 is 2.39 bits per heavy atom. The first kappa shape index (κ1) is 12.9. The van der Waals surface area contributed by atoms with E-state index in [1.807, 2.05) is 19.2 Å². The van der Waals surface area contributed by atoms with Crippen LogP contribution in [0, 0.1) is 6.92 Å². The minimum Gasteiger partial charge on any atom is -0.502 e. The van der Waals surface area contributed by atoms with E-state index in [2.05, 4.69) is 44.4 Å². The van der Waals surface area contributed by atoms with Crippen LogP contribution in [0.2, 0.25) is 0 Å². The fourth-order valence-corrected chi connectivity index (χ4v) is 2.54. The summed E-state index contributed by atoms with van der Waals surface area (Å²) in [5.74, 6) is 0.846. The topological polar surface area (TPSA) is 24.1 Å². The van der Waals surface area contributed by atoms with Crippen LogP contribution >= 0.6 is 0 Å². The number of phenolic OH excluding ortho intramolecular Hbond substituents is 1. The molecule has 0 radical (unpaired) electrons. The Kier molecular flexibility index (Phi) is 3.29. The zero-order valence-electron chi connectivity index (χ0n) is 11.9. The zero-order valence-corrected chi connectivity index (χ0v) is 11.9. The van der Waals surface area contributed by atoms with Gasteiger partial charge in [0.1, 0.15) is 0 Å². The van der Waals surface area contributed by atoms with Gasteiger partial charge < -0.3 is 5.11 Å². The summed E-state index contributed by atoms with van der Waals surface area (Å²) < 4.78 is 2.13. The predicted molar refractivity (Wildman–Crippen MR) is 75.0 cm³/mol. The van der Waals surface area contributed by atoms with E-state index in [1.54, 1.807) is 0 Å². The number of fused-ring (bicyclic) bond motifs is 1. The summed E-state index contributed by atoms with van der Waals surface area (Å²) in [5, 5.41) is 11.6. The zero-order chi connectivity index (χ0) is 13.4. The quantitative estimate of drug-likeness (QED) is 0.797. The molecule has 1 N–H and O–H groups in total. The van der Waals surface area contributed by atoms with Gasteiger partial charge in [0, 0.05) is 11.6 Å². The SMILES string of the molecule is Cc1c(C(C)C)cc2ccc[n+](C(C)C)c2c1O. The highest BCUT2D eigenvalue weighted by atomic mass is 16.3. The van der Waals surface area contributed by atoms with Crippen LogP contribution < -0.4 is 4.57 Å². The van der Waals surface area contributed by atoms with Crippen molar-refractivity contribution in [1.82, 2.24) is 0 Å². The van der Waals surface area contributed by atoms with E-state index in [4.69, 9.17) is 0 Å². The highest BCUT2D eigenvalue weighted by Gasteiger charge is 2.20. The van der Waals surface area contributed by atoms with Crippen molar-refractivity contribution in [1.29, 1.82) is 0 Å². The summed E-state index contributed by atoms with van der Waals surface area (Å²) >= 11 is 0. The van der Waals surface area contributed by atoms with Crippen LogP contribution in [-0.2, 0) is 0 Å². The molecule has 0 amide bonds. The van der Waals surface area contributed by atoms with Gasteiger partial charge in [-0.05, 0) is 44.4 Å². The molecule has 0 saturated heterocycles. The molecule has 1 heterocycles. The normalized spacial score (nSPS) is 11.7. The molecule has 0 unspecified atom stereocenters. The number of hydrogen-bond acceptors (Lipinski definition) is 1. The molecule has 0 saturated carbocycles. The Morgan fingerprint density at radius 1 is 1.17 bits per heavy atom. The smallest absolute Gasteiger partial charge is 0.255 e. The van der Waals surface area contributed by atoms with E-state index in [0.717, 1.165) is 16.5 Å². The summed E-state index contributed by atoms with van der Waals surface area (Å²) in [6.45, 7) is 10.6. The first-order valence-corrected chi connectivity index (χ1v) is 6.59. The van der Waals surface area contributed by atoms with Crippen LogP contribution in [0.5, 0.6) is 5.75 Å². The number of benzene rings is 1. The van der Waals surface area contributed by atoms with Crippen molar-refractivity contribution in [3.05, 3.63) is 35.5 Å². The van der Waals surface area contributed by atoms with E-state index in [-0.39, 0.29) is 0 Å². The number of aromatic nitrogens is 1. The van der Waals surface area contributed by atoms with Crippen molar-refractivity contribution in [2.45, 2.75) is 46.6 Å². The lowest BCUT2D eigenvalue weighted by molar-refractivity contribution is -0.691. The average Bonchev–Trinajstić information content (AvgIpc) is 2.32. The van der Waals surface area contributed by atoms with Gasteiger partial charge in [0.05, 0.1) is 5.39 Å². The molecule has 2 nitrogen and oxygen atoms in total. The van der Waals surface area contributed by atoms with Crippen LogP contribution in [0.1, 0.15) is 50.8 Å². The maximum Gasteiger partial charge on any atom is 0.255 e. The fraction of sp³-hybridized carbons (Fsp3) is 0.438. The summed E-state index contributed by atoms with van der Waals surface area (Å²) in [4.78, 5) is 0.